The second-order valence-electron chi connectivity index (χ2n) is 3.01. The first-order chi connectivity index (χ1) is 8.22. The zero-order chi connectivity index (χ0) is 12.5. The third-order valence-corrected chi connectivity index (χ3v) is 2.43. The fraction of sp³-hybridized carbons (Fsp3) is 0.250. The van der Waals surface area contributed by atoms with Gasteiger partial charge in [-0.3, -0.25) is 5.32 Å². The van der Waals surface area contributed by atoms with Crippen LogP contribution in [0.15, 0.2) is 30.3 Å². The first kappa shape index (κ1) is 13.8. The molecule has 1 N–H and O–H groups in total. The first-order valence-electron chi connectivity index (χ1n) is 4.90. The number of para-hydroxylation sites is 1. The summed E-state index contributed by atoms with van der Waals surface area (Å²) in [4.78, 5) is 11.4. The molecule has 0 aliphatic heterocycles. The number of benzene rings is 1. The molecule has 1 rings (SSSR count). The van der Waals surface area contributed by atoms with Crippen molar-refractivity contribution in [2.45, 2.75) is 4.11 Å². The molecule has 1 unspecified atom stereocenters. The van der Waals surface area contributed by atoms with Crippen molar-refractivity contribution in [2.75, 3.05) is 18.5 Å². The van der Waals surface area contributed by atoms with Crippen LogP contribution in [-0.2, 0) is 9.47 Å². The number of halogens is 1. The summed E-state index contributed by atoms with van der Waals surface area (Å²) >= 11 is 2.01. The highest BCUT2D eigenvalue weighted by molar-refractivity contribution is 14.1. The van der Waals surface area contributed by atoms with Gasteiger partial charge < -0.3 is 9.47 Å². The average molecular weight is 345 g/mol. The minimum Gasteiger partial charge on any atom is -0.446 e. The zero-order valence-electron chi connectivity index (χ0n) is 9.06. The van der Waals surface area contributed by atoms with Gasteiger partial charge >= 0.3 is 6.09 Å². The average Bonchev–Trinajstić information content (AvgIpc) is 2.35. The van der Waals surface area contributed by atoms with E-state index < -0.39 is 6.09 Å². The molecule has 5 heteroatoms. The lowest BCUT2D eigenvalue weighted by Gasteiger charge is -2.10. The molecule has 0 radical (unpaired) electrons. The van der Waals surface area contributed by atoms with E-state index in [0.29, 0.717) is 5.69 Å². The second-order valence-corrected chi connectivity index (χ2v) is 4.40. The van der Waals surface area contributed by atoms with Crippen LogP contribution >= 0.6 is 22.6 Å². The predicted octanol–water partition coefficient (Wildman–Crippen LogP) is 2.65. The van der Waals surface area contributed by atoms with Crippen molar-refractivity contribution in [3.63, 3.8) is 0 Å². The summed E-state index contributed by atoms with van der Waals surface area (Å²) in [5.41, 5.74) is 0.687. The summed E-state index contributed by atoms with van der Waals surface area (Å²) in [7, 11) is 0. The van der Waals surface area contributed by atoms with Crippen LogP contribution in [0.4, 0.5) is 10.5 Å². The highest BCUT2D eigenvalue weighted by Gasteiger charge is 2.08. The summed E-state index contributed by atoms with van der Waals surface area (Å²) in [6.45, 7) is 0.359. The number of hydrogen-bond acceptors (Lipinski definition) is 3. The SMILES string of the molecule is C#CCOC(I)COC(=O)Nc1ccccc1. The number of terminal acetylenes is 1. The van der Waals surface area contributed by atoms with E-state index in [2.05, 4.69) is 11.2 Å². The molecule has 0 aliphatic rings. The molecule has 1 aromatic carbocycles. The van der Waals surface area contributed by atoms with Crippen molar-refractivity contribution in [1.29, 1.82) is 0 Å². The van der Waals surface area contributed by atoms with E-state index in [1.54, 1.807) is 12.1 Å². The third-order valence-electron chi connectivity index (χ3n) is 1.71. The van der Waals surface area contributed by atoms with Crippen LogP contribution < -0.4 is 5.32 Å². The lowest BCUT2D eigenvalue weighted by Crippen LogP contribution is -2.20. The Labute approximate surface area is 114 Å². The van der Waals surface area contributed by atoms with Gasteiger partial charge in [-0.15, -0.1) is 6.42 Å². The Morgan fingerprint density at radius 1 is 1.47 bits per heavy atom. The van der Waals surface area contributed by atoms with E-state index >= 15 is 0 Å². The van der Waals surface area contributed by atoms with E-state index in [0.717, 1.165) is 0 Å². The molecule has 0 saturated carbocycles. The largest absolute Gasteiger partial charge is 0.446 e. The van der Waals surface area contributed by atoms with Crippen LogP contribution in [0.2, 0.25) is 0 Å². The number of amides is 1. The van der Waals surface area contributed by atoms with Gasteiger partial charge in [0.2, 0.25) is 0 Å². The summed E-state index contributed by atoms with van der Waals surface area (Å²) in [6, 6.07) is 9.07. The van der Waals surface area contributed by atoms with Gasteiger partial charge in [0.05, 0.1) is 0 Å². The minimum atomic E-state index is -0.512. The molecule has 0 aliphatic carbocycles. The predicted molar refractivity (Wildman–Crippen MR) is 74.0 cm³/mol. The summed E-state index contributed by atoms with van der Waals surface area (Å²) in [5, 5.41) is 2.59. The number of alkyl halides is 1. The maximum Gasteiger partial charge on any atom is 0.411 e. The molecule has 1 atom stereocenters. The number of nitrogens with one attached hydrogen (secondary N) is 1. The number of carbonyl (C=O) groups is 1. The Kier molecular flexibility index (Phi) is 6.43. The van der Waals surface area contributed by atoms with Crippen LogP contribution in [0.1, 0.15) is 0 Å². The Hall–Kier alpha value is -1.26. The zero-order valence-corrected chi connectivity index (χ0v) is 11.2. The van der Waals surface area contributed by atoms with E-state index in [1.165, 1.54) is 0 Å². The van der Waals surface area contributed by atoms with Crippen molar-refractivity contribution in [1.82, 2.24) is 0 Å². The van der Waals surface area contributed by atoms with E-state index in [-0.39, 0.29) is 17.3 Å². The van der Waals surface area contributed by atoms with Gasteiger partial charge in [-0.05, 0) is 34.7 Å². The second kappa shape index (κ2) is 7.92. The van der Waals surface area contributed by atoms with Gasteiger partial charge in [-0.2, -0.15) is 0 Å². The fourth-order valence-electron chi connectivity index (χ4n) is 1.00. The van der Waals surface area contributed by atoms with E-state index in [1.807, 2.05) is 40.8 Å². The lowest BCUT2D eigenvalue weighted by atomic mass is 10.3. The topological polar surface area (TPSA) is 47.6 Å². The molecule has 17 heavy (non-hydrogen) atoms. The summed E-state index contributed by atoms with van der Waals surface area (Å²) in [5.74, 6) is 2.34. The molecule has 0 heterocycles. The molecule has 0 spiro atoms. The highest BCUT2D eigenvalue weighted by atomic mass is 127. The quantitative estimate of drug-likeness (QED) is 0.507. The highest BCUT2D eigenvalue weighted by Crippen LogP contribution is 2.07. The smallest absolute Gasteiger partial charge is 0.411 e. The van der Waals surface area contributed by atoms with E-state index in [9.17, 15) is 4.79 Å². The molecule has 0 bridgehead atoms. The maximum absolute atomic E-state index is 11.4. The molecule has 90 valence electrons. The Bertz CT molecular complexity index is 388. The van der Waals surface area contributed by atoms with Crippen molar-refractivity contribution in [2.24, 2.45) is 0 Å². The Balaban J connectivity index is 2.24. The van der Waals surface area contributed by atoms with Gasteiger partial charge in [0, 0.05) is 5.69 Å². The van der Waals surface area contributed by atoms with Crippen LogP contribution in [0.5, 0.6) is 0 Å². The van der Waals surface area contributed by atoms with Gasteiger partial charge in [0.1, 0.15) is 17.3 Å². The third kappa shape index (κ3) is 6.14. The normalized spacial score (nSPS) is 11.3. The van der Waals surface area contributed by atoms with Crippen LogP contribution in [0, 0.1) is 12.3 Å². The monoisotopic (exact) mass is 345 g/mol. The van der Waals surface area contributed by atoms with Crippen molar-refractivity contribution in [3.8, 4) is 12.3 Å². The maximum atomic E-state index is 11.4. The van der Waals surface area contributed by atoms with Crippen LogP contribution in [-0.4, -0.2) is 23.4 Å². The number of ether oxygens (including phenoxy) is 2. The molecule has 1 amide bonds. The van der Waals surface area contributed by atoms with Gasteiger partial charge in [-0.25, -0.2) is 4.79 Å². The van der Waals surface area contributed by atoms with Gasteiger partial charge in [0.25, 0.3) is 0 Å². The lowest BCUT2D eigenvalue weighted by molar-refractivity contribution is 0.0836. The van der Waals surface area contributed by atoms with Crippen molar-refractivity contribution in [3.05, 3.63) is 30.3 Å². The van der Waals surface area contributed by atoms with Crippen molar-refractivity contribution < 1.29 is 14.3 Å². The summed E-state index contributed by atoms with van der Waals surface area (Å²) < 4.78 is 9.85. The molecule has 0 saturated heterocycles. The van der Waals surface area contributed by atoms with Gasteiger partial charge in [-0.1, -0.05) is 24.1 Å². The summed E-state index contributed by atoms with van der Waals surface area (Å²) in [6.07, 6.45) is 4.52. The Morgan fingerprint density at radius 2 is 2.18 bits per heavy atom. The number of hydrogen-bond donors (Lipinski definition) is 1. The minimum absolute atomic E-state index is 0.154. The number of anilines is 1. The standard InChI is InChI=1S/C12H12INO3/c1-2-8-16-11(13)9-17-12(15)14-10-6-4-3-5-7-10/h1,3-7,11H,8-9H2,(H,14,15). The Morgan fingerprint density at radius 3 is 2.82 bits per heavy atom. The molecule has 4 nitrogen and oxygen atoms in total. The number of rotatable bonds is 5. The molecular formula is C12H12INO3. The molecule has 0 aromatic heterocycles. The first-order valence-corrected chi connectivity index (χ1v) is 6.15. The van der Waals surface area contributed by atoms with Crippen LogP contribution in [0.25, 0.3) is 0 Å². The molecular weight excluding hydrogens is 333 g/mol. The van der Waals surface area contributed by atoms with E-state index in [4.69, 9.17) is 15.9 Å². The fourth-order valence-corrected chi connectivity index (χ4v) is 1.36. The molecule has 1 aromatic rings. The van der Waals surface area contributed by atoms with Crippen LogP contribution in [0.3, 0.4) is 0 Å². The van der Waals surface area contributed by atoms with Gasteiger partial charge in [0.15, 0.2) is 0 Å². The van der Waals surface area contributed by atoms with Crippen molar-refractivity contribution >= 4 is 34.4 Å². The molecule has 0 fully saturated rings. The number of carbonyl (C=O) groups excluding carboxylic acids is 1.